The van der Waals surface area contributed by atoms with Gasteiger partial charge in [0.15, 0.2) is 0 Å². The van der Waals surface area contributed by atoms with Crippen molar-refractivity contribution in [2.75, 3.05) is 13.2 Å². The van der Waals surface area contributed by atoms with Crippen molar-refractivity contribution in [3.05, 3.63) is 83.9 Å². The van der Waals surface area contributed by atoms with E-state index in [0.717, 1.165) is 65.4 Å². The van der Waals surface area contributed by atoms with E-state index >= 15 is 0 Å². The van der Waals surface area contributed by atoms with Gasteiger partial charge >= 0.3 is 5.97 Å². The van der Waals surface area contributed by atoms with Crippen molar-refractivity contribution in [3.63, 3.8) is 0 Å². The summed E-state index contributed by atoms with van der Waals surface area (Å²) in [5, 5.41) is 13.8. The molecule has 0 saturated heterocycles. The van der Waals surface area contributed by atoms with Gasteiger partial charge in [-0.3, -0.25) is 4.79 Å². The van der Waals surface area contributed by atoms with Crippen molar-refractivity contribution in [2.45, 2.75) is 125 Å². The molecule has 0 amide bonds. The number of aliphatic hydroxyl groups is 1. The number of carbonyl (C=O) groups excluding carboxylic acids is 1. The molecule has 276 valence electrons. The van der Waals surface area contributed by atoms with Crippen LogP contribution in [-0.4, -0.2) is 36.5 Å². The van der Waals surface area contributed by atoms with E-state index in [1.54, 1.807) is 0 Å². The van der Waals surface area contributed by atoms with Gasteiger partial charge in [0, 0.05) is 6.61 Å². The fraction of sp³-hybridized carbons (Fsp3) is 0.543. The third-order valence-corrected chi connectivity index (χ3v) is 11.2. The van der Waals surface area contributed by atoms with E-state index < -0.39 is 0 Å². The molecule has 5 heteroatoms. The molecule has 0 aliphatic heterocycles. The molecule has 0 bridgehead atoms. The maximum atomic E-state index is 11.7. The molecule has 1 N–H and O–H groups in total. The van der Waals surface area contributed by atoms with Crippen LogP contribution in [0.15, 0.2) is 72.8 Å². The normalized spacial score (nSPS) is 21.1. The number of fused-ring (bicyclic) bond motifs is 2. The van der Waals surface area contributed by atoms with Gasteiger partial charge in [-0.1, -0.05) is 90.1 Å². The van der Waals surface area contributed by atoms with Crippen LogP contribution < -0.4 is 9.47 Å². The number of hydrogen-bond acceptors (Lipinski definition) is 5. The number of aliphatic hydroxyl groups excluding tert-OH is 1. The van der Waals surface area contributed by atoms with Gasteiger partial charge in [-0.05, 0) is 144 Å². The summed E-state index contributed by atoms with van der Waals surface area (Å²) in [5.74, 6) is 3.37. The summed E-state index contributed by atoms with van der Waals surface area (Å²) < 4.78 is 17.6. The average molecular weight is 695 g/mol. The van der Waals surface area contributed by atoms with Gasteiger partial charge in [0.05, 0.1) is 25.2 Å². The van der Waals surface area contributed by atoms with Gasteiger partial charge in [-0.15, -0.1) is 0 Å². The molecule has 4 aromatic rings. The van der Waals surface area contributed by atoms with Crippen LogP contribution in [0.3, 0.4) is 0 Å². The molecule has 51 heavy (non-hydrogen) atoms. The molecule has 2 fully saturated rings. The summed E-state index contributed by atoms with van der Waals surface area (Å²) in [4.78, 5) is 11.7. The van der Waals surface area contributed by atoms with E-state index in [2.05, 4.69) is 102 Å². The zero-order valence-corrected chi connectivity index (χ0v) is 32.3. The highest BCUT2D eigenvalue weighted by atomic mass is 16.5. The Hall–Kier alpha value is -3.57. The van der Waals surface area contributed by atoms with Crippen LogP contribution in [0.5, 0.6) is 11.5 Å². The molecule has 2 aliphatic rings. The quantitative estimate of drug-likeness (QED) is 0.177. The predicted molar refractivity (Wildman–Crippen MR) is 211 cm³/mol. The number of benzene rings is 4. The van der Waals surface area contributed by atoms with Crippen molar-refractivity contribution < 1.29 is 24.1 Å². The lowest BCUT2D eigenvalue weighted by Gasteiger charge is -2.37. The van der Waals surface area contributed by atoms with E-state index in [0.29, 0.717) is 42.5 Å². The highest BCUT2D eigenvalue weighted by molar-refractivity contribution is 5.86. The second kappa shape index (κ2) is 17.3. The van der Waals surface area contributed by atoms with Crippen LogP contribution in [0, 0.1) is 22.7 Å². The summed E-state index contributed by atoms with van der Waals surface area (Å²) in [7, 11) is 0. The second-order valence-electron chi connectivity index (χ2n) is 17.1. The number of esters is 1. The van der Waals surface area contributed by atoms with Gasteiger partial charge in [0.2, 0.25) is 0 Å². The maximum absolute atomic E-state index is 11.7. The minimum atomic E-state index is -0.178. The zero-order chi connectivity index (χ0) is 36.6. The second-order valence-corrected chi connectivity index (χ2v) is 17.1. The zero-order valence-electron chi connectivity index (χ0n) is 32.3. The number of ether oxygens (including phenoxy) is 3. The first-order valence-electron chi connectivity index (χ1n) is 19.5. The van der Waals surface area contributed by atoms with Crippen molar-refractivity contribution in [2.24, 2.45) is 22.7 Å². The predicted octanol–water partition coefficient (Wildman–Crippen LogP) is 11.3. The Bertz CT molecular complexity index is 1710. The van der Waals surface area contributed by atoms with E-state index in [1.165, 1.54) is 42.0 Å². The number of rotatable bonds is 9. The van der Waals surface area contributed by atoms with Crippen LogP contribution in [0.4, 0.5) is 0 Å². The molecule has 2 aliphatic carbocycles. The highest BCUT2D eigenvalue weighted by Gasteiger charge is 2.31. The summed E-state index contributed by atoms with van der Waals surface area (Å²) in [6.07, 6.45) is 11.3. The Labute approximate surface area is 307 Å². The van der Waals surface area contributed by atoms with Crippen molar-refractivity contribution in [1.29, 1.82) is 0 Å². The molecule has 6 rings (SSSR count). The lowest BCUT2D eigenvalue weighted by Crippen LogP contribution is -2.30. The van der Waals surface area contributed by atoms with E-state index in [1.807, 2.05) is 19.1 Å². The van der Waals surface area contributed by atoms with Crippen LogP contribution in [-0.2, 0) is 22.4 Å². The Morgan fingerprint density at radius 1 is 0.608 bits per heavy atom. The third kappa shape index (κ3) is 11.2. The number of carbonyl (C=O) groups is 1. The first-order valence-corrected chi connectivity index (χ1v) is 19.5. The molecule has 0 heterocycles. The van der Waals surface area contributed by atoms with Crippen LogP contribution in [0.2, 0.25) is 0 Å². The Morgan fingerprint density at radius 3 is 1.45 bits per heavy atom. The largest absolute Gasteiger partial charge is 0.490 e. The maximum Gasteiger partial charge on any atom is 0.310 e. The fourth-order valence-electron chi connectivity index (χ4n) is 7.94. The molecule has 5 nitrogen and oxygen atoms in total. The number of hydrogen-bond donors (Lipinski definition) is 1. The van der Waals surface area contributed by atoms with Gasteiger partial charge in [0.1, 0.15) is 11.5 Å². The standard InChI is InChI=1S/C24H32O3.C22H30O2/c1-5-26-23(25)15-17-6-7-19-16-22(11-8-18(19)14-17)27-21-12-9-20(10-13-21)24(2,3)4;1-22(2,3)19-7-10-20(11-8-19)24-21-9-6-17-14-16(12-13-23)4-5-18(17)15-21/h6-8,11,14,16,20-21H,5,9-10,12-13,15H2,1-4H3;4-6,9,14-15,19-20,23H,7-8,10-13H2,1-3H3. The van der Waals surface area contributed by atoms with Gasteiger partial charge < -0.3 is 19.3 Å². The first kappa shape index (κ1) is 38.7. The summed E-state index contributed by atoms with van der Waals surface area (Å²) >= 11 is 0. The Morgan fingerprint density at radius 2 is 1.02 bits per heavy atom. The average Bonchev–Trinajstić information content (AvgIpc) is 3.09. The molecule has 0 spiro atoms. The lowest BCUT2D eigenvalue weighted by atomic mass is 9.72. The first-order chi connectivity index (χ1) is 24.3. The van der Waals surface area contributed by atoms with Gasteiger partial charge in [-0.2, -0.15) is 0 Å². The highest BCUT2D eigenvalue weighted by Crippen LogP contribution is 2.40. The molecule has 0 atom stereocenters. The summed E-state index contributed by atoms with van der Waals surface area (Å²) in [6, 6.07) is 25.1. The Kier molecular flexibility index (Phi) is 13.1. The molecular formula is C46H62O5. The SMILES string of the molecule is CC(C)(C)C1CCC(Oc2ccc3cc(CCO)ccc3c2)CC1.CCOC(=O)Cc1ccc2cc(OC3CCC(C(C)(C)C)CC3)ccc2c1. The van der Waals surface area contributed by atoms with E-state index in [-0.39, 0.29) is 12.6 Å². The minimum absolute atomic E-state index is 0.178. The molecule has 0 aromatic heterocycles. The van der Waals surface area contributed by atoms with Crippen molar-refractivity contribution >= 4 is 27.5 Å². The van der Waals surface area contributed by atoms with Crippen molar-refractivity contribution in [1.82, 2.24) is 0 Å². The van der Waals surface area contributed by atoms with Crippen molar-refractivity contribution in [3.8, 4) is 11.5 Å². The molecule has 2 saturated carbocycles. The Balaban J connectivity index is 0.000000199. The lowest BCUT2D eigenvalue weighted by molar-refractivity contribution is -0.142. The molecule has 0 unspecified atom stereocenters. The van der Waals surface area contributed by atoms with E-state index in [4.69, 9.17) is 19.3 Å². The van der Waals surface area contributed by atoms with Crippen LogP contribution in [0.1, 0.15) is 111 Å². The third-order valence-electron chi connectivity index (χ3n) is 11.2. The minimum Gasteiger partial charge on any atom is -0.490 e. The van der Waals surface area contributed by atoms with Gasteiger partial charge in [-0.25, -0.2) is 0 Å². The molecule has 0 radical (unpaired) electrons. The van der Waals surface area contributed by atoms with Crippen LogP contribution in [0.25, 0.3) is 21.5 Å². The topological polar surface area (TPSA) is 65.0 Å². The van der Waals surface area contributed by atoms with Crippen LogP contribution >= 0.6 is 0 Å². The fourth-order valence-corrected chi connectivity index (χ4v) is 7.94. The summed E-state index contributed by atoms with van der Waals surface area (Å²) in [6.45, 7) is 16.5. The van der Waals surface area contributed by atoms with E-state index in [9.17, 15) is 4.79 Å². The monoisotopic (exact) mass is 694 g/mol. The smallest absolute Gasteiger partial charge is 0.310 e. The summed E-state index contributed by atoms with van der Waals surface area (Å²) in [5.41, 5.74) is 2.98. The molecular weight excluding hydrogens is 633 g/mol. The van der Waals surface area contributed by atoms with Gasteiger partial charge in [0.25, 0.3) is 0 Å². The molecule has 4 aromatic carbocycles.